The highest BCUT2D eigenvalue weighted by Gasteiger charge is 2.01. The van der Waals surface area contributed by atoms with Crippen LogP contribution in [0.3, 0.4) is 0 Å². The summed E-state index contributed by atoms with van der Waals surface area (Å²) in [4.78, 5) is 0. The largest absolute Gasteiger partial charge is 0.507 e. The molecule has 0 radical (unpaired) electrons. The molecule has 12 heavy (non-hydrogen) atoms. The summed E-state index contributed by atoms with van der Waals surface area (Å²) in [7, 11) is 0. The second kappa shape index (κ2) is 2.79. The van der Waals surface area contributed by atoms with Crippen LogP contribution in [-0.2, 0) is 0 Å². The Balaban J connectivity index is 3.22. The fourth-order valence-electron chi connectivity index (χ4n) is 0.866. The average molecular weight is 229 g/mol. The van der Waals surface area contributed by atoms with Gasteiger partial charge in [-0.1, -0.05) is 30.2 Å². The first-order valence-corrected chi connectivity index (χ1v) is 3.96. The summed E-state index contributed by atoms with van der Waals surface area (Å²) < 4.78 is 45.8. The van der Waals surface area contributed by atoms with Crippen LogP contribution in [0.25, 0.3) is 10.8 Å². The Bertz CT molecular complexity index is 571. The third-order valence-corrected chi connectivity index (χ3v) is 2.19. The van der Waals surface area contributed by atoms with E-state index in [1.165, 1.54) is 0 Å². The van der Waals surface area contributed by atoms with E-state index < -0.39 is 29.9 Å². The molecular formula is C10H7BrO. The molecule has 0 amide bonds. The second-order valence-corrected chi connectivity index (χ2v) is 2.96. The van der Waals surface area contributed by atoms with Crippen LogP contribution in [0, 0.1) is 0 Å². The topological polar surface area (TPSA) is 20.2 Å². The van der Waals surface area contributed by atoms with Gasteiger partial charge in [-0.15, -0.1) is 0 Å². The molecule has 2 heteroatoms. The predicted molar refractivity (Wildman–Crippen MR) is 53.3 cm³/mol. The molecule has 2 rings (SSSR count). The minimum Gasteiger partial charge on any atom is -0.507 e. The van der Waals surface area contributed by atoms with Crippen LogP contribution >= 0.6 is 15.9 Å². The van der Waals surface area contributed by atoms with Crippen molar-refractivity contribution in [2.75, 3.05) is 0 Å². The van der Waals surface area contributed by atoms with Crippen molar-refractivity contribution < 1.29 is 13.3 Å². The summed E-state index contributed by atoms with van der Waals surface area (Å²) in [5.41, 5.74) is 0. The van der Waals surface area contributed by atoms with E-state index in [4.69, 9.17) is 8.22 Å². The van der Waals surface area contributed by atoms with Crippen molar-refractivity contribution in [2.24, 2.45) is 0 Å². The van der Waals surface area contributed by atoms with Crippen molar-refractivity contribution in [2.45, 2.75) is 0 Å². The zero-order chi connectivity index (χ0) is 13.8. The summed E-state index contributed by atoms with van der Waals surface area (Å²) in [5.74, 6) is -0.502. The predicted octanol–water partition coefficient (Wildman–Crippen LogP) is 3.31. The highest BCUT2D eigenvalue weighted by molar-refractivity contribution is 9.10. The molecule has 0 atom stereocenters. The first-order valence-electron chi connectivity index (χ1n) is 6.16. The van der Waals surface area contributed by atoms with Gasteiger partial charge < -0.3 is 5.11 Å². The molecule has 0 bridgehead atoms. The van der Waals surface area contributed by atoms with Gasteiger partial charge in [-0.25, -0.2) is 0 Å². The van der Waals surface area contributed by atoms with E-state index in [1.54, 1.807) is 0 Å². The molecule has 0 saturated carbocycles. The van der Waals surface area contributed by atoms with E-state index in [-0.39, 0.29) is 27.3 Å². The molecule has 0 aliphatic heterocycles. The number of aromatic hydroxyl groups is 1. The van der Waals surface area contributed by atoms with Crippen molar-refractivity contribution in [1.82, 2.24) is 0 Å². The normalized spacial score (nSPS) is 17.4. The van der Waals surface area contributed by atoms with Gasteiger partial charge in [0.1, 0.15) is 5.75 Å². The lowest BCUT2D eigenvalue weighted by Gasteiger charge is -2.01. The monoisotopic (exact) mass is 228 g/mol. The Morgan fingerprint density at radius 3 is 2.75 bits per heavy atom. The maximum absolute atomic E-state index is 9.65. The van der Waals surface area contributed by atoms with Crippen molar-refractivity contribution in [3.8, 4) is 5.75 Å². The minimum atomic E-state index is -0.502. The maximum Gasteiger partial charge on any atom is 0.130 e. The van der Waals surface area contributed by atoms with Gasteiger partial charge in [0.15, 0.2) is 0 Å². The molecule has 0 spiro atoms. The first kappa shape index (κ1) is 3.38. The first-order chi connectivity index (χ1) is 8.29. The summed E-state index contributed by atoms with van der Waals surface area (Å²) in [6.45, 7) is 0. The molecule has 0 aliphatic rings. The third-order valence-electron chi connectivity index (χ3n) is 1.42. The lowest BCUT2D eigenvalue weighted by atomic mass is 10.1. The Hall–Kier alpha value is -1.02. The number of phenolic OH excluding ortho intramolecular Hbond substituents is 1. The van der Waals surface area contributed by atoms with Gasteiger partial charge in [-0.05, 0) is 32.7 Å². The minimum absolute atomic E-state index is 0.00509. The van der Waals surface area contributed by atoms with Gasteiger partial charge in [0.05, 0.1) is 12.7 Å². The average Bonchev–Trinajstić information content (AvgIpc) is 2.35. The zero-order valence-corrected chi connectivity index (χ0v) is 7.41. The van der Waals surface area contributed by atoms with Crippen LogP contribution < -0.4 is 0 Å². The number of halogens is 1. The van der Waals surface area contributed by atoms with E-state index in [0.29, 0.717) is 0 Å². The SMILES string of the molecule is [2H]c1c([2H])c([2H])c2c(Br)c(O)c([2H])c([2H])c2c1[2H]. The molecule has 2 aromatic carbocycles. The lowest BCUT2D eigenvalue weighted by molar-refractivity contribution is 0.473. The van der Waals surface area contributed by atoms with Gasteiger partial charge in [-0.2, -0.15) is 0 Å². The fraction of sp³-hybridized carbons (Fsp3) is 0. The van der Waals surface area contributed by atoms with Crippen LogP contribution in [-0.4, -0.2) is 5.11 Å². The number of phenols is 1. The molecule has 2 aromatic rings. The van der Waals surface area contributed by atoms with E-state index in [2.05, 4.69) is 15.9 Å². The van der Waals surface area contributed by atoms with Crippen molar-refractivity contribution in [1.29, 1.82) is 0 Å². The Kier molecular flexibility index (Phi) is 0.787. The fourth-order valence-corrected chi connectivity index (χ4v) is 1.26. The Morgan fingerprint density at radius 2 is 1.92 bits per heavy atom. The smallest absolute Gasteiger partial charge is 0.130 e. The third kappa shape index (κ3) is 1.08. The van der Waals surface area contributed by atoms with Crippen molar-refractivity contribution in [3.05, 3.63) is 40.7 Å². The second-order valence-electron chi connectivity index (χ2n) is 2.16. The van der Waals surface area contributed by atoms with Gasteiger partial charge in [-0.3, -0.25) is 0 Å². The van der Waals surface area contributed by atoms with Crippen LogP contribution in [0.2, 0.25) is 0 Å². The molecule has 0 heterocycles. The molecule has 1 N–H and O–H groups in total. The van der Waals surface area contributed by atoms with Gasteiger partial charge in [0.25, 0.3) is 0 Å². The maximum atomic E-state index is 9.65. The molecule has 0 unspecified atom stereocenters. The van der Waals surface area contributed by atoms with Gasteiger partial charge >= 0.3 is 0 Å². The van der Waals surface area contributed by atoms with Crippen LogP contribution in [0.4, 0.5) is 0 Å². The van der Waals surface area contributed by atoms with E-state index in [1.807, 2.05) is 0 Å². The number of hydrogen-bond donors (Lipinski definition) is 1. The van der Waals surface area contributed by atoms with Crippen molar-refractivity contribution >= 4 is 26.7 Å². The molecule has 60 valence electrons. The highest BCUT2D eigenvalue weighted by Crippen LogP contribution is 2.31. The summed E-state index contributed by atoms with van der Waals surface area (Å²) in [5, 5.41) is 9.59. The molecule has 1 nitrogen and oxygen atoms in total. The number of fused-ring (bicyclic) bond motifs is 1. The van der Waals surface area contributed by atoms with Gasteiger partial charge in [0, 0.05) is 0 Å². The molecule has 0 fully saturated rings. The Labute approximate surface area is 87.2 Å². The number of rotatable bonds is 0. The van der Waals surface area contributed by atoms with Crippen molar-refractivity contribution in [3.63, 3.8) is 0 Å². The van der Waals surface area contributed by atoms with E-state index in [9.17, 15) is 5.11 Å². The lowest BCUT2D eigenvalue weighted by Crippen LogP contribution is -1.74. The van der Waals surface area contributed by atoms with Crippen LogP contribution in [0.1, 0.15) is 8.22 Å². The molecule has 0 saturated heterocycles. The number of hydrogen-bond acceptors (Lipinski definition) is 1. The summed E-state index contributed by atoms with van der Waals surface area (Å²) >= 11 is 3.01. The zero-order valence-electron chi connectivity index (χ0n) is 11.8. The van der Waals surface area contributed by atoms with Crippen LogP contribution in [0.15, 0.2) is 40.7 Å². The summed E-state index contributed by atoms with van der Waals surface area (Å²) in [6, 6.07) is -2.52. The Morgan fingerprint density at radius 1 is 1.17 bits per heavy atom. The number of benzene rings is 2. The quantitative estimate of drug-likeness (QED) is 0.734. The van der Waals surface area contributed by atoms with E-state index in [0.717, 1.165) is 0 Å². The molecular weight excluding hydrogens is 216 g/mol. The highest BCUT2D eigenvalue weighted by atomic mass is 79.9. The summed E-state index contributed by atoms with van der Waals surface area (Å²) in [6.07, 6.45) is 0. The molecule has 0 aromatic heterocycles. The van der Waals surface area contributed by atoms with Gasteiger partial charge in [0.2, 0.25) is 0 Å². The molecule has 0 aliphatic carbocycles. The van der Waals surface area contributed by atoms with E-state index >= 15 is 0 Å². The van der Waals surface area contributed by atoms with Crippen LogP contribution in [0.5, 0.6) is 5.75 Å². The standard InChI is InChI=1S/C10H7BrO/c11-10-8-4-2-1-3-7(8)5-6-9(10)12/h1-6,12H/i1D,2D,3D,4D,5D,6D.